The maximum Gasteiger partial charge on any atom is 0.306 e. The SMILES string of the molecule is CC/C=C\C/C=C\C/C=C\C/C=C\CCCCCCCCCCCCCCCCCCC(=O)OCC(COC(=O)CCCCCCC/C=C\CCCCCCCCC)OC(=O)CCCCCCCCCCCCCCCCCCC. The first-order chi connectivity index (χ1) is 39.5. The highest BCUT2D eigenvalue weighted by atomic mass is 16.6. The molecule has 0 fully saturated rings. The lowest BCUT2D eigenvalue weighted by Gasteiger charge is -2.18. The minimum atomic E-state index is -0.775. The Kier molecular flexibility index (Phi) is 66.1. The van der Waals surface area contributed by atoms with Crippen LogP contribution in [0.15, 0.2) is 60.8 Å². The minimum absolute atomic E-state index is 0.0713. The summed E-state index contributed by atoms with van der Waals surface area (Å²) in [7, 11) is 0. The molecule has 0 amide bonds. The molecule has 80 heavy (non-hydrogen) atoms. The van der Waals surface area contributed by atoms with Crippen molar-refractivity contribution in [1.82, 2.24) is 0 Å². The number of ether oxygens (including phenoxy) is 3. The third-order valence-corrected chi connectivity index (χ3v) is 15.8. The number of unbranched alkanes of at least 4 members (excludes halogenated alkanes) is 44. The van der Waals surface area contributed by atoms with Crippen molar-refractivity contribution in [3.63, 3.8) is 0 Å². The van der Waals surface area contributed by atoms with E-state index in [9.17, 15) is 14.4 Å². The summed E-state index contributed by atoms with van der Waals surface area (Å²) in [5.74, 6) is -0.853. The molecule has 0 aliphatic carbocycles. The molecule has 6 nitrogen and oxygen atoms in total. The van der Waals surface area contributed by atoms with E-state index in [0.29, 0.717) is 19.3 Å². The number of esters is 3. The van der Waals surface area contributed by atoms with Crippen molar-refractivity contribution in [2.45, 2.75) is 380 Å². The van der Waals surface area contributed by atoms with Gasteiger partial charge in [-0.25, -0.2) is 0 Å². The third kappa shape index (κ3) is 65.9. The molecule has 0 aromatic rings. The van der Waals surface area contributed by atoms with Crippen LogP contribution in [0.5, 0.6) is 0 Å². The highest BCUT2D eigenvalue weighted by Gasteiger charge is 2.19. The lowest BCUT2D eigenvalue weighted by atomic mass is 10.0. The van der Waals surface area contributed by atoms with Crippen molar-refractivity contribution in [2.24, 2.45) is 0 Å². The summed E-state index contributed by atoms with van der Waals surface area (Å²) in [6, 6.07) is 0. The molecule has 6 heteroatoms. The van der Waals surface area contributed by atoms with E-state index in [4.69, 9.17) is 14.2 Å². The molecule has 0 bridgehead atoms. The molecule has 0 aliphatic heterocycles. The quantitative estimate of drug-likeness (QED) is 0.0261. The zero-order chi connectivity index (χ0) is 57.8. The summed E-state index contributed by atoms with van der Waals surface area (Å²) < 4.78 is 17.0. The van der Waals surface area contributed by atoms with Crippen molar-refractivity contribution in [3.8, 4) is 0 Å². The fraction of sp³-hybridized carbons (Fsp3) is 0.824. The van der Waals surface area contributed by atoms with Gasteiger partial charge in [-0.2, -0.15) is 0 Å². The number of rotatable bonds is 65. The summed E-state index contributed by atoms with van der Waals surface area (Å²) in [6.07, 6.45) is 88.2. The third-order valence-electron chi connectivity index (χ3n) is 15.8. The van der Waals surface area contributed by atoms with Gasteiger partial charge < -0.3 is 14.2 Å². The Hall–Kier alpha value is -2.89. The summed E-state index contributed by atoms with van der Waals surface area (Å²) in [5, 5.41) is 0. The Labute approximate surface area is 498 Å². The van der Waals surface area contributed by atoms with Gasteiger partial charge in [0.1, 0.15) is 13.2 Å². The summed E-state index contributed by atoms with van der Waals surface area (Å²) in [5.41, 5.74) is 0. The fourth-order valence-corrected chi connectivity index (χ4v) is 10.5. The number of hydrogen-bond acceptors (Lipinski definition) is 6. The van der Waals surface area contributed by atoms with Gasteiger partial charge in [-0.1, -0.05) is 332 Å². The monoisotopic (exact) mass is 1120 g/mol. The Morgan fingerprint density at radius 2 is 0.487 bits per heavy atom. The van der Waals surface area contributed by atoms with Crippen LogP contribution < -0.4 is 0 Å². The van der Waals surface area contributed by atoms with E-state index in [-0.39, 0.29) is 31.1 Å². The molecule has 0 aromatic carbocycles. The number of hydrogen-bond donors (Lipinski definition) is 0. The molecule has 466 valence electrons. The first-order valence-electron chi connectivity index (χ1n) is 35.3. The van der Waals surface area contributed by atoms with E-state index in [2.05, 4.69) is 81.5 Å². The topological polar surface area (TPSA) is 78.9 Å². The van der Waals surface area contributed by atoms with Crippen LogP contribution in [-0.4, -0.2) is 37.2 Å². The van der Waals surface area contributed by atoms with Gasteiger partial charge in [-0.3, -0.25) is 14.4 Å². The standard InChI is InChI=1S/C74H134O6/c1-4-7-10-13-16-19-22-25-28-31-32-33-34-35-36-37-38-39-40-41-42-44-46-49-52-55-58-61-64-67-73(76)79-70-71(69-78-72(75)66-63-60-57-54-51-48-45-30-27-24-21-18-15-12-9-6-3)80-74(77)68-65-62-59-56-53-50-47-43-29-26-23-20-17-14-11-8-5-2/h7,10,16,19,25,28,30,32-33,45,71H,4-6,8-9,11-15,17-18,20-24,26-27,29,31,34-44,46-70H2,1-3H3/b10-7-,19-16-,28-25-,33-32-,45-30-. The summed E-state index contributed by atoms with van der Waals surface area (Å²) in [6.45, 7) is 6.58. The van der Waals surface area contributed by atoms with E-state index in [1.165, 1.54) is 244 Å². The second-order valence-electron chi connectivity index (χ2n) is 23.8. The maximum atomic E-state index is 12.9. The first kappa shape index (κ1) is 77.1. The van der Waals surface area contributed by atoms with E-state index in [1.54, 1.807) is 0 Å². The van der Waals surface area contributed by atoms with Crippen LogP contribution in [0.1, 0.15) is 374 Å². The average Bonchev–Trinajstić information content (AvgIpc) is 3.46. The van der Waals surface area contributed by atoms with Crippen LogP contribution in [0, 0.1) is 0 Å². The van der Waals surface area contributed by atoms with Gasteiger partial charge >= 0.3 is 17.9 Å². The molecule has 0 heterocycles. The molecule has 1 unspecified atom stereocenters. The van der Waals surface area contributed by atoms with Crippen molar-refractivity contribution in [3.05, 3.63) is 60.8 Å². The number of allylic oxidation sites excluding steroid dienone is 10. The maximum absolute atomic E-state index is 12.9. The number of carbonyl (C=O) groups is 3. The molecule has 0 aliphatic rings. The van der Waals surface area contributed by atoms with Gasteiger partial charge in [0.25, 0.3) is 0 Å². The van der Waals surface area contributed by atoms with Crippen molar-refractivity contribution in [1.29, 1.82) is 0 Å². The van der Waals surface area contributed by atoms with E-state index in [1.807, 2.05) is 0 Å². The Balaban J connectivity index is 4.23. The van der Waals surface area contributed by atoms with Crippen molar-refractivity contribution >= 4 is 17.9 Å². The van der Waals surface area contributed by atoms with Crippen molar-refractivity contribution < 1.29 is 28.6 Å². The van der Waals surface area contributed by atoms with Gasteiger partial charge in [0.15, 0.2) is 6.10 Å². The second-order valence-corrected chi connectivity index (χ2v) is 23.8. The average molecular weight is 1120 g/mol. The predicted molar refractivity (Wildman–Crippen MR) is 348 cm³/mol. The minimum Gasteiger partial charge on any atom is -0.462 e. The van der Waals surface area contributed by atoms with Crippen LogP contribution in [0.4, 0.5) is 0 Å². The van der Waals surface area contributed by atoms with Gasteiger partial charge in [0, 0.05) is 19.3 Å². The van der Waals surface area contributed by atoms with Crippen LogP contribution in [0.2, 0.25) is 0 Å². The smallest absolute Gasteiger partial charge is 0.306 e. The lowest BCUT2D eigenvalue weighted by Crippen LogP contribution is -2.30. The second kappa shape index (κ2) is 68.6. The molecule has 0 N–H and O–H groups in total. The van der Waals surface area contributed by atoms with Crippen LogP contribution in [0.3, 0.4) is 0 Å². The fourth-order valence-electron chi connectivity index (χ4n) is 10.5. The van der Waals surface area contributed by atoms with Gasteiger partial charge in [-0.15, -0.1) is 0 Å². The molecule has 0 aromatic heterocycles. The Bertz CT molecular complexity index is 1430. The molecule has 0 rings (SSSR count). The summed E-state index contributed by atoms with van der Waals surface area (Å²) >= 11 is 0. The Morgan fingerprint density at radius 1 is 0.263 bits per heavy atom. The zero-order valence-corrected chi connectivity index (χ0v) is 53.6. The molecule has 0 spiro atoms. The van der Waals surface area contributed by atoms with Crippen LogP contribution in [0.25, 0.3) is 0 Å². The van der Waals surface area contributed by atoms with E-state index >= 15 is 0 Å². The van der Waals surface area contributed by atoms with Crippen LogP contribution >= 0.6 is 0 Å². The molecule has 1 atom stereocenters. The molecular weight excluding hydrogens is 985 g/mol. The van der Waals surface area contributed by atoms with Gasteiger partial charge in [0.05, 0.1) is 0 Å². The van der Waals surface area contributed by atoms with Crippen LogP contribution in [-0.2, 0) is 28.6 Å². The normalized spacial score (nSPS) is 12.4. The van der Waals surface area contributed by atoms with E-state index < -0.39 is 6.10 Å². The largest absolute Gasteiger partial charge is 0.462 e. The molecule has 0 saturated carbocycles. The zero-order valence-electron chi connectivity index (χ0n) is 53.6. The molecule has 0 saturated heterocycles. The lowest BCUT2D eigenvalue weighted by molar-refractivity contribution is -0.167. The number of carbonyl (C=O) groups excluding carboxylic acids is 3. The Morgan fingerprint density at radius 3 is 0.775 bits per heavy atom. The highest BCUT2D eigenvalue weighted by molar-refractivity contribution is 5.71. The van der Waals surface area contributed by atoms with E-state index in [0.717, 1.165) is 89.9 Å². The molecular formula is C74H134O6. The highest BCUT2D eigenvalue weighted by Crippen LogP contribution is 2.18. The summed E-state index contributed by atoms with van der Waals surface area (Å²) in [4.78, 5) is 38.4. The van der Waals surface area contributed by atoms with Gasteiger partial charge in [0.2, 0.25) is 0 Å². The van der Waals surface area contributed by atoms with Gasteiger partial charge in [-0.05, 0) is 83.5 Å². The molecule has 0 radical (unpaired) electrons. The predicted octanol–water partition coefficient (Wildman–Crippen LogP) is 24.3. The first-order valence-corrected chi connectivity index (χ1v) is 35.3. The van der Waals surface area contributed by atoms with Crippen molar-refractivity contribution in [2.75, 3.05) is 13.2 Å².